The van der Waals surface area contributed by atoms with Crippen molar-refractivity contribution in [1.29, 1.82) is 0 Å². The first-order valence-corrected chi connectivity index (χ1v) is 11.2. The van der Waals surface area contributed by atoms with Gasteiger partial charge in [0, 0.05) is 13.1 Å². The van der Waals surface area contributed by atoms with E-state index in [0.29, 0.717) is 18.8 Å². The van der Waals surface area contributed by atoms with Crippen LogP contribution in [0.5, 0.6) is 5.75 Å². The van der Waals surface area contributed by atoms with E-state index in [4.69, 9.17) is 9.15 Å². The molecule has 0 radical (unpaired) electrons. The van der Waals surface area contributed by atoms with Crippen LogP contribution < -0.4 is 10.1 Å². The Morgan fingerprint density at radius 1 is 1.16 bits per heavy atom. The molecule has 2 aromatic rings. The Balaban J connectivity index is 1.94. The van der Waals surface area contributed by atoms with Gasteiger partial charge in [-0.25, -0.2) is 8.42 Å². The maximum absolute atomic E-state index is 13.1. The molecule has 1 aromatic carbocycles. The van der Waals surface area contributed by atoms with Gasteiger partial charge < -0.3 is 14.5 Å². The van der Waals surface area contributed by atoms with Crippen molar-refractivity contribution >= 4 is 21.6 Å². The third-order valence-corrected chi connectivity index (χ3v) is 6.79. The lowest BCUT2D eigenvalue weighted by Crippen LogP contribution is -2.32. The van der Waals surface area contributed by atoms with Gasteiger partial charge in [-0.05, 0) is 44.0 Å². The van der Waals surface area contributed by atoms with E-state index in [0.717, 1.165) is 37.8 Å². The van der Waals surface area contributed by atoms with Crippen LogP contribution in [0, 0.1) is 6.92 Å². The number of halogens is 3. The zero-order valence-corrected chi connectivity index (χ0v) is 17.7. The Bertz CT molecular complexity index is 1030. The second kappa shape index (κ2) is 9.31. The number of alkyl halides is 3. The molecule has 1 amide bonds. The fourth-order valence-electron chi connectivity index (χ4n) is 3.29. The molecule has 31 heavy (non-hydrogen) atoms. The van der Waals surface area contributed by atoms with Gasteiger partial charge in [-0.1, -0.05) is 12.8 Å². The summed E-state index contributed by atoms with van der Waals surface area (Å²) in [4.78, 5) is 12.4. The molecular weight excluding hydrogens is 437 g/mol. The van der Waals surface area contributed by atoms with E-state index in [2.05, 4.69) is 5.32 Å². The van der Waals surface area contributed by atoms with Crippen LogP contribution in [0.25, 0.3) is 0 Å². The summed E-state index contributed by atoms with van der Waals surface area (Å²) >= 11 is 0. The van der Waals surface area contributed by atoms with Gasteiger partial charge in [-0.2, -0.15) is 17.5 Å². The molecule has 0 saturated carbocycles. The molecule has 1 N–H and O–H groups in total. The van der Waals surface area contributed by atoms with Crippen LogP contribution in [0.1, 0.15) is 41.8 Å². The molecule has 0 bridgehead atoms. The average molecular weight is 460 g/mol. The van der Waals surface area contributed by atoms with Gasteiger partial charge in [0.1, 0.15) is 11.5 Å². The van der Waals surface area contributed by atoms with E-state index in [-0.39, 0.29) is 21.9 Å². The second-order valence-corrected chi connectivity index (χ2v) is 9.16. The van der Waals surface area contributed by atoms with Crippen LogP contribution in [0.2, 0.25) is 0 Å². The quantitative estimate of drug-likeness (QED) is 0.693. The van der Waals surface area contributed by atoms with Crippen molar-refractivity contribution in [3.8, 4) is 5.75 Å². The molecule has 1 aliphatic heterocycles. The Morgan fingerprint density at radius 2 is 1.84 bits per heavy atom. The molecule has 0 spiro atoms. The van der Waals surface area contributed by atoms with E-state index in [1.54, 1.807) is 6.92 Å². The Kier molecular flexibility index (Phi) is 6.95. The number of nitrogens with zero attached hydrogens (tertiary/aromatic N) is 1. The minimum Gasteiger partial charge on any atom is -0.482 e. The predicted octanol–water partition coefficient (Wildman–Crippen LogP) is 4.35. The maximum Gasteiger partial charge on any atom is 0.422 e. The highest BCUT2D eigenvalue weighted by Gasteiger charge is 2.30. The minimum absolute atomic E-state index is 0.132. The standard InChI is InChI=1S/C20H23F3N2O5S/c1-14-16(8-11-29-14)19(26)24-17-12-15(6-7-18(17)30-13-20(21,22)23)31(27,28)25-9-4-2-3-5-10-25/h6-8,11-12H,2-5,9-10,13H2,1H3,(H,24,26). The lowest BCUT2D eigenvalue weighted by Gasteiger charge is -2.21. The fraction of sp³-hybridized carbons (Fsp3) is 0.450. The van der Waals surface area contributed by atoms with Crippen molar-refractivity contribution in [3.05, 3.63) is 41.9 Å². The molecule has 0 aliphatic carbocycles. The highest BCUT2D eigenvalue weighted by molar-refractivity contribution is 7.89. The number of hydrogen-bond acceptors (Lipinski definition) is 5. The number of nitrogens with one attached hydrogen (secondary N) is 1. The Morgan fingerprint density at radius 3 is 2.42 bits per heavy atom. The maximum atomic E-state index is 13.1. The monoisotopic (exact) mass is 460 g/mol. The summed E-state index contributed by atoms with van der Waals surface area (Å²) < 4.78 is 75.3. The van der Waals surface area contributed by atoms with Gasteiger partial charge in [-0.3, -0.25) is 4.79 Å². The summed E-state index contributed by atoms with van der Waals surface area (Å²) in [6, 6.07) is 4.83. The van der Waals surface area contributed by atoms with E-state index in [9.17, 15) is 26.4 Å². The lowest BCUT2D eigenvalue weighted by molar-refractivity contribution is -0.153. The Labute approximate surface area is 178 Å². The van der Waals surface area contributed by atoms with Gasteiger partial charge in [0.05, 0.1) is 22.4 Å². The molecule has 11 heteroatoms. The van der Waals surface area contributed by atoms with Crippen molar-refractivity contribution in [3.63, 3.8) is 0 Å². The molecular formula is C20H23F3N2O5S. The van der Waals surface area contributed by atoms with Crippen molar-refractivity contribution in [1.82, 2.24) is 4.31 Å². The lowest BCUT2D eigenvalue weighted by atomic mass is 10.2. The number of sulfonamides is 1. The zero-order chi connectivity index (χ0) is 22.6. The van der Waals surface area contributed by atoms with Crippen LogP contribution in [-0.2, 0) is 10.0 Å². The predicted molar refractivity (Wildman–Crippen MR) is 107 cm³/mol. The van der Waals surface area contributed by atoms with Crippen molar-refractivity contribution in [2.75, 3.05) is 25.0 Å². The number of rotatable bonds is 6. The normalized spacial score (nSPS) is 16.0. The number of anilines is 1. The average Bonchev–Trinajstić information content (AvgIpc) is 2.95. The molecule has 0 unspecified atom stereocenters. The molecule has 1 aromatic heterocycles. The largest absolute Gasteiger partial charge is 0.482 e. The number of aryl methyl sites for hydroxylation is 1. The second-order valence-electron chi connectivity index (χ2n) is 7.22. The molecule has 2 heterocycles. The first-order chi connectivity index (χ1) is 14.6. The van der Waals surface area contributed by atoms with E-state index in [1.165, 1.54) is 22.7 Å². The number of ether oxygens (including phenoxy) is 1. The van der Waals surface area contributed by atoms with Crippen molar-refractivity contribution in [2.24, 2.45) is 0 Å². The van der Waals surface area contributed by atoms with E-state index in [1.807, 2.05) is 0 Å². The molecule has 7 nitrogen and oxygen atoms in total. The summed E-state index contributed by atoms with van der Waals surface area (Å²) in [6.45, 7) is 0.699. The highest BCUT2D eigenvalue weighted by Crippen LogP contribution is 2.32. The first kappa shape index (κ1) is 23.1. The zero-order valence-electron chi connectivity index (χ0n) is 16.9. The molecule has 170 valence electrons. The number of hydrogen-bond donors (Lipinski definition) is 1. The number of carbonyl (C=O) groups excluding carboxylic acids is 1. The van der Waals surface area contributed by atoms with E-state index >= 15 is 0 Å². The summed E-state index contributed by atoms with van der Waals surface area (Å²) in [5.74, 6) is -0.641. The van der Waals surface area contributed by atoms with Gasteiger partial charge in [-0.15, -0.1) is 0 Å². The first-order valence-electron chi connectivity index (χ1n) is 9.77. The number of carbonyl (C=O) groups is 1. The van der Waals surface area contributed by atoms with Gasteiger partial charge in [0.25, 0.3) is 5.91 Å². The number of amides is 1. The van der Waals surface area contributed by atoms with Crippen molar-refractivity contribution < 1.29 is 35.5 Å². The number of furan rings is 1. The van der Waals surface area contributed by atoms with Crippen LogP contribution >= 0.6 is 0 Å². The molecule has 0 atom stereocenters. The SMILES string of the molecule is Cc1occc1C(=O)Nc1cc(S(=O)(=O)N2CCCCCC2)ccc1OCC(F)(F)F. The van der Waals surface area contributed by atoms with Gasteiger partial charge in [0.2, 0.25) is 10.0 Å². The van der Waals surface area contributed by atoms with E-state index < -0.39 is 28.7 Å². The molecule has 3 rings (SSSR count). The minimum atomic E-state index is -4.60. The Hall–Kier alpha value is -2.53. The van der Waals surface area contributed by atoms with Crippen molar-refractivity contribution in [2.45, 2.75) is 43.7 Å². The van der Waals surface area contributed by atoms with Crippen LogP contribution in [0.4, 0.5) is 18.9 Å². The smallest absolute Gasteiger partial charge is 0.422 e. The van der Waals surface area contributed by atoms with Gasteiger partial charge in [0.15, 0.2) is 6.61 Å². The fourth-order valence-corrected chi connectivity index (χ4v) is 4.84. The van der Waals surface area contributed by atoms with Crippen LogP contribution in [-0.4, -0.2) is 44.5 Å². The molecule has 1 fully saturated rings. The van der Waals surface area contributed by atoms with Gasteiger partial charge >= 0.3 is 6.18 Å². The highest BCUT2D eigenvalue weighted by atomic mass is 32.2. The van der Waals surface area contributed by atoms with Crippen LogP contribution in [0.3, 0.4) is 0 Å². The summed E-state index contributed by atoms with van der Waals surface area (Å²) in [7, 11) is -3.88. The summed E-state index contributed by atoms with van der Waals surface area (Å²) in [5, 5.41) is 2.44. The number of benzene rings is 1. The third kappa shape index (κ3) is 5.79. The van der Waals surface area contributed by atoms with Crippen LogP contribution in [0.15, 0.2) is 39.8 Å². The third-order valence-electron chi connectivity index (χ3n) is 4.90. The summed E-state index contributed by atoms with van der Waals surface area (Å²) in [6.07, 6.45) is 0.0265. The molecule has 1 aliphatic rings. The molecule has 1 saturated heterocycles. The summed E-state index contributed by atoms with van der Waals surface area (Å²) in [5.41, 5.74) is -0.00621. The topological polar surface area (TPSA) is 88.8 Å².